The molecule has 3 atom stereocenters. The van der Waals surface area contributed by atoms with Gasteiger partial charge in [0.25, 0.3) is 0 Å². The summed E-state index contributed by atoms with van der Waals surface area (Å²) in [5.74, 6) is -0.887. The number of hydrogen-bond donors (Lipinski definition) is 4. The lowest BCUT2D eigenvalue weighted by Gasteiger charge is -2.38. The van der Waals surface area contributed by atoms with Crippen molar-refractivity contribution in [2.75, 3.05) is 14.2 Å². The van der Waals surface area contributed by atoms with E-state index in [1.54, 1.807) is 32.9 Å². The van der Waals surface area contributed by atoms with Crippen LogP contribution in [-0.4, -0.2) is 61.2 Å². The van der Waals surface area contributed by atoms with E-state index in [-0.39, 0.29) is 24.1 Å². The molecule has 0 saturated heterocycles. The molecule has 10 heteroatoms. The number of ether oxygens (including phenoxy) is 3. The number of methoxy groups -OCH3 is 2. The predicted octanol–water partition coefficient (Wildman–Crippen LogP) is 4.54. The quantitative estimate of drug-likeness (QED) is 0.264. The molecule has 0 saturated carbocycles. The number of phenolic OH excluding ortho intramolecular Hbond substituents is 1. The van der Waals surface area contributed by atoms with Crippen LogP contribution in [0.2, 0.25) is 0 Å². The number of rotatable bonds is 12. The molecular weight excluding hydrogens is 550 g/mol. The van der Waals surface area contributed by atoms with Crippen molar-refractivity contribution in [2.24, 2.45) is 5.41 Å². The Morgan fingerprint density at radius 1 is 0.953 bits per heavy atom. The molecule has 236 valence electrons. The van der Waals surface area contributed by atoms with Crippen LogP contribution in [0.1, 0.15) is 76.6 Å². The van der Waals surface area contributed by atoms with Crippen LogP contribution in [0.25, 0.3) is 0 Å². The standard InChI is InChI=1S/C33H47N3O7/c1-32(2,3)43-31(40)35-26(19-21-12-10-15-23(37)18-21)29(38)36-28(33(4,5)20-27(41-6)42-7)30(39)34-25-17-11-14-22-13-8-9-16-24(22)25/h8-10,12-13,15-16,18,25-28,37H,11,14,17,19-20H2,1-7H3,(H,34,39)(H,35,40)(H,36,38)/t25-,26+,28?/m1/s1. The Bertz CT molecular complexity index is 1250. The lowest BCUT2D eigenvalue weighted by atomic mass is 9.79. The van der Waals surface area contributed by atoms with Crippen LogP contribution in [0, 0.1) is 5.41 Å². The van der Waals surface area contributed by atoms with E-state index in [2.05, 4.69) is 22.0 Å². The van der Waals surface area contributed by atoms with E-state index in [1.165, 1.54) is 31.9 Å². The Morgan fingerprint density at radius 2 is 1.65 bits per heavy atom. The predicted molar refractivity (Wildman–Crippen MR) is 163 cm³/mol. The van der Waals surface area contributed by atoms with Crippen molar-refractivity contribution in [3.63, 3.8) is 0 Å². The number of aryl methyl sites for hydroxylation is 1. The third-order valence-electron chi connectivity index (χ3n) is 7.59. The van der Waals surface area contributed by atoms with Gasteiger partial charge in [0.15, 0.2) is 6.29 Å². The molecule has 0 heterocycles. The zero-order valence-electron chi connectivity index (χ0n) is 26.4. The number of benzene rings is 2. The summed E-state index contributed by atoms with van der Waals surface area (Å²) in [6.07, 6.45) is 1.64. The fourth-order valence-corrected chi connectivity index (χ4v) is 5.41. The average molecular weight is 598 g/mol. The second-order valence-electron chi connectivity index (χ2n) is 12.8. The summed E-state index contributed by atoms with van der Waals surface area (Å²) in [5.41, 5.74) is 1.28. The number of aromatic hydroxyl groups is 1. The minimum atomic E-state index is -1.10. The van der Waals surface area contributed by atoms with E-state index in [0.29, 0.717) is 12.0 Å². The van der Waals surface area contributed by atoms with Gasteiger partial charge in [-0.1, -0.05) is 50.2 Å². The number of alkyl carbamates (subject to hydrolysis) is 1. The summed E-state index contributed by atoms with van der Waals surface area (Å²) in [4.78, 5) is 40.7. The molecule has 1 unspecified atom stereocenters. The fraction of sp³-hybridized carbons (Fsp3) is 0.545. The Balaban J connectivity index is 1.91. The molecule has 0 radical (unpaired) electrons. The van der Waals surface area contributed by atoms with Crippen molar-refractivity contribution in [1.82, 2.24) is 16.0 Å². The van der Waals surface area contributed by atoms with Gasteiger partial charge >= 0.3 is 6.09 Å². The first-order chi connectivity index (χ1) is 20.2. The number of phenols is 1. The molecule has 10 nitrogen and oxygen atoms in total. The van der Waals surface area contributed by atoms with Gasteiger partial charge in [-0.25, -0.2) is 4.79 Å². The normalized spacial score (nSPS) is 16.5. The molecule has 1 aliphatic rings. The van der Waals surface area contributed by atoms with Crippen molar-refractivity contribution < 1.29 is 33.7 Å². The number of fused-ring (bicyclic) bond motifs is 1. The number of nitrogens with one attached hydrogen (secondary N) is 3. The maximum absolute atomic E-state index is 14.0. The first kappa shape index (κ1) is 33.9. The SMILES string of the molecule is COC(CC(C)(C)C(NC(=O)[C@H](Cc1cccc(O)c1)NC(=O)OC(C)(C)C)C(=O)N[C@@H]1CCCc2ccccc21)OC. The maximum Gasteiger partial charge on any atom is 0.408 e. The summed E-state index contributed by atoms with van der Waals surface area (Å²) in [7, 11) is 3.04. The minimum Gasteiger partial charge on any atom is -0.508 e. The monoisotopic (exact) mass is 597 g/mol. The summed E-state index contributed by atoms with van der Waals surface area (Å²) in [6, 6.07) is 12.2. The molecule has 0 spiro atoms. The molecule has 2 aromatic rings. The van der Waals surface area contributed by atoms with E-state index in [1.807, 2.05) is 32.0 Å². The number of hydrogen-bond acceptors (Lipinski definition) is 7. The topological polar surface area (TPSA) is 135 Å². The largest absolute Gasteiger partial charge is 0.508 e. The number of carbonyl (C=O) groups is 3. The maximum atomic E-state index is 14.0. The van der Waals surface area contributed by atoms with Crippen molar-refractivity contribution in [2.45, 2.75) is 96.7 Å². The minimum absolute atomic E-state index is 0.0326. The third-order valence-corrected chi connectivity index (χ3v) is 7.59. The van der Waals surface area contributed by atoms with Crippen LogP contribution >= 0.6 is 0 Å². The van der Waals surface area contributed by atoms with Gasteiger partial charge in [0, 0.05) is 27.1 Å². The van der Waals surface area contributed by atoms with Gasteiger partial charge in [-0.2, -0.15) is 0 Å². The van der Waals surface area contributed by atoms with E-state index in [0.717, 1.165) is 24.8 Å². The molecule has 1 aliphatic carbocycles. The Kier molecular flexibility index (Phi) is 11.6. The van der Waals surface area contributed by atoms with Crippen molar-refractivity contribution >= 4 is 17.9 Å². The second-order valence-corrected chi connectivity index (χ2v) is 12.8. The molecule has 3 amide bonds. The second kappa shape index (κ2) is 14.7. The van der Waals surface area contributed by atoms with Gasteiger partial charge in [0.1, 0.15) is 23.4 Å². The zero-order valence-corrected chi connectivity index (χ0v) is 26.4. The van der Waals surface area contributed by atoms with Crippen LogP contribution in [0.3, 0.4) is 0 Å². The van der Waals surface area contributed by atoms with Gasteiger partial charge in [-0.3, -0.25) is 9.59 Å². The van der Waals surface area contributed by atoms with Gasteiger partial charge in [-0.15, -0.1) is 0 Å². The van der Waals surface area contributed by atoms with Crippen molar-refractivity contribution in [1.29, 1.82) is 0 Å². The molecule has 0 bridgehead atoms. The summed E-state index contributed by atoms with van der Waals surface area (Å²) >= 11 is 0. The van der Waals surface area contributed by atoms with E-state index in [4.69, 9.17) is 14.2 Å². The van der Waals surface area contributed by atoms with Crippen molar-refractivity contribution in [3.8, 4) is 5.75 Å². The molecule has 43 heavy (non-hydrogen) atoms. The summed E-state index contributed by atoms with van der Waals surface area (Å²) < 4.78 is 16.3. The van der Waals surface area contributed by atoms with Gasteiger partial charge in [-0.05, 0) is 74.3 Å². The van der Waals surface area contributed by atoms with Crippen LogP contribution in [0.4, 0.5) is 4.79 Å². The van der Waals surface area contributed by atoms with E-state index < -0.39 is 41.4 Å². The molecule has 0 aliphatic heterocycles. The highest BCUT2D eigenvalue weighted by Crippen LogP contribution is 2.32. The fourth-order valence-electron chi connectivity index (χ4n) is 5.41. The molecule has 2 aromatic carbocycles. The van der Waals surface area contributed by atoms with Crippen molar-refractivity contribution in [3.05, 3.63) is 65.2 Å². The molecule has 3 rings (SSSR count). The van der Waals surface area contributed by atoms with Gasteiger partial charge < -0.3 is 35.3 Å². The molecule has 0 aromatic heterocycles. The van der Waals surface area contributed by atoms with Crippen LogP contribution in [0.5, 0.6) is 5.75 Å². The summed E-state index contributed by atoms with van der Waals surface area (Å²) in [6.45, 7) is 8.91. The van der Waals surface area contributed by atoms with Crippen LogP contribution in [0.15, 0.2) is 48.5 Å². The Morgan fingerprint density at radius 3 is 2.30 bits per heavy atom. The highest BCUT2D eigenvalue weighted by molar-refractivity contribution is 5.92. The highest BCUT2D eigenvalue weighted by Gasteiger charge is 2.41. The van der Waals surface area contributed by atoms with Crippen LogP contribution in [-0.2, 0) is 36.6 Å². The smallest absolute Gasteiger partial charge is 0.408 e. The molecule has 4 N–H and O–H groups in total. The molecular formula is C33H47N3O7. The molecule has 0 fully saturated rings. The number of amides is 3. The Labute approximate surface area is 254 Å². The van der Waals surface area contributed by atoms with Gasteiger partial charge in [0.05, 0.1) is 6.04 Å². The highest BCUT2D eigenvalue weighted by atomic mass is 16.7. The average Bonchev–Trinajstić information content (AvgIpc) is 2.93. The first-order valence-electron chi connectivity index (χ1n) is 14.7. The van der Waals surface area contributed by atoms with E-state index in [9.17, 15) is 19.5 Å². The zero-order chi connectivity index (χ0) is 31.8. The summed E-state index contributed by atoms with van der Waals surface area (Å²) in [5, 5.41) is 18.8. The third kappa shape index (κ3) is 9.96. The van der Waals surface area contributed by atoms with Crippen LogP contribution < -0.4 is 16.0 Å². The number of carbonyl (C=O) groups excluding carboxylic acids is 3. The lowest BCUT2D eigenvalue weighted by molar-refractivity contribution is -0.142. The van der Waals surface area contributed by atoms with E-state index >= 15 is 0 Å². The first-order valence-corrected chi connectivity index (χ1v) is 14.7. The van der Waals surface area contributed by atoms with Gasteiger partial charge in [0.2, 0.25) is 11.8 Å². The Hall–Kier alpha value is -3.63. The lowest BCUT2D eigenvalue weighted by Crippen LogP contribution is -2.60.